The molecule has 0 radical (unpaired) electrons. The molecule has 1 aliphatic heterocycles. The van der Waals surface area contributed by atoms with Crippen LogP contribution in [-0.2, 0) is 9.59 Å². The summed E-state index contributed by atoms with van der Waals surface area (Å²) >= 11 is 0. The first-order chi connectivity index (χ1) is 8.74. The van der Waals surface area contributed by atoms with Crippen LogP contribution in [0.15, 0.2) is 0 Å². The Balaban J connectivity index is 0. The van der Waals surface area contributed by atoms with E-state index in [4.69, 9.17) is 5.73 Å². The van der Waals surface area contributed by atoms with Gasteiger partial charge in [0.05, 0.1) is 18.6 Å². The first-order valence-electron chi connectivity index (χ1n) is 6.69. The lowest BCUT2D eigenvalue weighted by Crippen LogP contribution is -2.47. The summed E-state index contributed by atoms with van der Waals surface area (Å²) in [6.45, 7) is 9.90. The second-order valence-corrected chi connectivity index (χ2v) is 3.94. The first-order valence-corrected chi connectivity index (χ1v) is 6.69. The molecule has 114 valence electrons. The van der Waals surface area contributed by atoms with Gasteiger partial charge in [0.15, 0.2) is 5.78 Å². The Morgan fingerprint density at radius 1 is 1.26 bits per heavy atom. The van der Waals surface area contributed by atoms with Crippen molar-refractivity contribution in [3.8, 4) is 0 Å². The van der Waals surface area contributed by atoms with Gasteiger partial charge in [-0.1, -0.05) is 27.7 Å². The number of hydrogen-bond acceptors (Lipinski definition) is 3. The fourth-order valence-corrected chi connectivity index (χ4v) is 1.67. The van der Waals surface area contributed by atoms with E-state index in [0.29, 0.717) is 0 Å². The highest BCUT2D eigenvalue weighted by Crippen LogP contribution is 2.32. The molecular formula is C13H26F2N2O2. The van der Waals surface area contributed by atoms with Crippen LogP contribution < -0.4 is 5.73 Å². The molecule has 0 aromatic carbocycles. The molecule has 1 amide bonds. The van der Waals surface area contributed by atoms with Crippen molar-refractivity contribution in [3.63, 3.8) is 0 Å². The minimum absolute atomic E-state index is 0.429. The SMILES string of the molecule is CC.CC.CC(=O)C1CC(F)(F)CN1C(=O)C(C)N. The molecule has 2 N–H and O–H groups in total. The molecule has 1 heterocycles. The topological polar surface area (TPSA) is 63.4 Å². The van der Waals surface area contributed by atoms with Gasteiger partial charge in [0.2, 0.25) is 5.91 Å². The Kier molecular flexibility index (Phi) is 9.56. The fraction of sp³-hybridized carbons (Fsp3) is 0.846. The van der Waals surface area contributed by atoms with Crippen molar-refractivity contribution >= 4 is 11.7 Å². The number of alkyl halides is 2. The standard InChI is InChI=1S/C9H14F2N2O2.2C2H6/c1-5(12)8(15)13-4-9(10,11)3-7(13)6(2)14;2*1-2/h5,7H,3-4,12H2,1-2H3;2*1-2H3. The summed E-state index contributed by atoms with van der Waals surface area (Å²) in [5.74, 6) is -4.02. The summed E-state index contributed by atoms with van der Waals surface area (Å²) in [5, 5.41) is 0. The van der Waals surface area contributed by atoms with Crippen molar-refractivity contribution in [2.45, 2.75) is 66.0 Å². The smallest absolute Gasteiger partial charge is 0.267 e. The average molecular weight is 280 g/mol. The molecule has 1 fully saturated rings. The Hall–Kier alpha value is -1.04. The highest BCUT2D eigenvalue weighted by molar-refractivity contribution is 5.90. The Morgan fingerprint density at radius 2 is 1.68 bits per heavy atom. The molecule has 0 aromatic rings. The summed E-state index contributed by atoms with van der Waals surface area (Å²) in [7, 11) is 0. The molecule has 1 saturated heterocycles. The molecule has 0 aliphatic carbocycles. The zero-order valence-corrected chi connectivity index (χ0v) is 12.7. The largest absolute Gasteiger partial charge is 0.325 e. The minimum atomic E-state index is -2.99. The zero-order valence-electron chi connectivity index (χ0n) is 12.7. The van der Waals surface area contributed by atoms with E-state index in [1.165, 1.54) is 13.8 Å². The third kappa shape index (κ3) is 6.09. The normalized spacial score (nSPS) is 21.5. The van der Waals surface area contributed by atoms with Crippen molar-refractivity contribution in [3.05, 3.63) is 0 Å². The number of carbonyl (C=O) groups excluding carboxylic acids is 2. The number of carbonyl (C=O) groups is 2. The van der Waals surface area contributed by atoms with Gasteiger partial charge in [-0.2, -0.15) is 0 Å². The number of Topliss-reactive ketones (excluding diaryl/α,β-unsaturated/α-hetero) is 1. The molecule has 4 nitrogen and oxygen atoms in total. The molecule has 1 aliphatic rings. The van der Waals surface area contributed by atoms with E-state index in [-0.39, 0.29) is 0 Å². The predicted octanol–water partition coefficient (Wildman–Crippen LogP) is 2.21. The van der Waals surface area contributed by atoms with E-state index in [1.54, 1.807) is 0 Å². The van der Waals surface area contributed by atoms with Crippen LogP contribution in [0, 0.1) is 0 Å². The lowest BCUT2D eigenvalue weighted by Gasteiger charge is -2.23. The van der Waals surface area contributed by atoms with Gasteiger partial charge < -0.3 is 10.6 Å². The van der Waals surface area contributed by atoms with Crippen LogP contribution in [0.2, 0.25) is 0 Å². The van der Waals surface area contributed by atoms with Gasteiger partial charge >= 0.3 is 0 Å². The molecule has 2 unspecified atom stereocenters. The van der Waals surface area contributed by atoms with E-state index in [2.05, 4.69) is 0 Å². The summed E-state index contributed by atoms with van der Waals surface area (Å²) in [5.41, 5.74) is 5.32. The molecule has 0 spiro atoms. The summed E-state index contributed by atoms with van der Waals surface area (Å²) in [6, 6.07) is -1.89. The van der Waals surface area contributed by atoms with Crippen LogP contribution >= 0.6 is 0 Å². The molecular weight excluding hydrogens is 254 g/mol. The quantitative estimate of drug-likeness (QED) is 0.843. The number of rotatable bonds is 2. The van der Waals surface area contributed by atoms with Gasteiger partial charge in [-0.05, 0) is 13.8 Å². The third-order valence-electron chi connectivity index (χ3n) is 2.41. The number of ketones is 1. The minimum Gasteiger partial charge on any atom is -0.325 e. The van der Waals surface area contributed by atoms with E-state index in [1.807, 2.05) is 27.7 Å². The average Bonchev–Trinajstić information content (AvgIpc) is 2.69. The predicted molar refractivity (Wildman–Crippen MR) is 72.1 cm³/mol. The van der Waals surface area contributed by atoms with Crippen LogP contribution in [0.4, 0.5) is 8.78 Å². The maximum absolute atomic E-state index is 13.0. The molecule has 0 bridgehead atoms. The van der Waals surface area contributed by atoms with Crippen LogP contribution in [-0.4, -0.2) is 41.1 Å². The zero-order chi connectivity index (χ0) is 15.8. The Bertz CT molecular complexity index is 294. The number of nitrogens with two attached hydrogens (primary N) is 1. The lowest BCUT2D eigenvalue weighted by atomic mass is 10.1. The molecule has 1 rings (SSSR count). The van der Waals surface area contributed by atoms with Crippen molar-refractivity contribution in [2.24, 2.45) is 5.73 Å². The van der Waals surface area contributed by atoms with Gasteiger partial charge in [-0.3, -0.25) is 9.59 Å². The van der Waals surface area contributed by atoms with Crippen molar-refractivity contribution in [1.29, 1.82) is 0 Å². The summed E-state index contributed by atoms with van der Waals surface area (Å²) in [4.78, 5) is 23.4. The molecule has 2 atom stereocenters. The van der Waals surface area contributed by atoms with Gasteiger partial charge in [0, 0.05) is 6.42 Å². The highest BCUT2D eigenvalue weighted by Gasteiger charge is 2.49. The van der Waals surface area contributed by atoms with Crippen molar-refractivity contribution < 1.29 is 18.4 Å². The van der Waals surface area contributed by atoms with Crippen LogP contribution in [0.25, 0.3) is 0 Å². The maximum atomic E-state index is 13.0. The van der Waals surface area contributed by atoms with Crippen molar-refractivity contribution in [2.75, 3.05) is 6.54 Å². The number of hydrogen-bond donors (Lipinski definition) is 1. The maximum Gasteiger partial charge on any atom is 0.267 e. The number of amides is 1. The summed E-state index contributed by atoms with van der Waals surface area (Å²) in [6.07, 6.45) is -0.596. The Labute approximate surface area is 114 Å². The lowest BCUT2D eigenvalue weighted by molar-refractivity contribution is -0.138. The van der Waals surface area contributed by atoms with E-state index >= 15 is 0 Å². The van der Waals surface area contributed by atoms with E-state index in [9.17, 15) is 18.4 Å². The second-order valence-electron chi connectivity index (χ2n) is 3.94. The van der Waals surface area contributed by atoms with E-state index in [0.717, 1.165) is 4.90 Å². The van der Waals surface area contributed by atoms with Gasteiger partial charge in [0.25, 0.3) is 5.92 Å². The third-order valence-corrected chi connectivity index (χ3v) is 2.41. The first kappa shape index (κ1) is 20.3. The molecule has 6 heteroatoms. The number of likely N-dealkylation sites (tertiary alicyclic amines) is 1. The number of nitrogens with zero attached hydrogens (tertiary/aromatic N) is 1. The fourth-order valence-electron chi connectivity index (χ4n) is 1.67. The monoisotopic (exact) mass is 280 g/mol. The van der Waals surface area contributed by atoms with Gasteiger partial charge in [-0.15, -0.1) is 0 Å². The van der Waals surface area contributed by atoms with Crippen LogP contribution in [0.3, 0.4) is 0 Å². The number of halogens is 2. The van der Waals surface area contributed by atoms with Gasteiger partial charge in [0.1, 0.15) is 0 Å². The molecule has 19 heavy (non-hydrogen) atoms. The molecule has 0 aromatic heterocycles. The van der Waals surface area contributed by atoms with Crippen molar-refractivity contribution in [1.82, 2.24) is 4.90 Å². The molecule has 0 saturated carbocycles. The Morgan fingerprint density at radius 3 is 2.00 bits per heavy atom. The highest BCUT2D eigenvalue weighted by atomic mass is 19.3. The summed E-state index contributed by atoms with van der Waals surface area (Å²) < 4.78 is 26.1. The van der Waals surface area contributed by atoms with E-state index < -0.39 is 42.7 Å². The van der Waals surface area contributed by atoms with Gasteiger partial charge in [-0.25, -0.2) is 8.78 Å². The second kappa shape index (κ2) is 8.96. The van der Waals surface area contributed by atoms with Crippen LogP contribution in [0.5, 0.6) is 0 Å². The van der Waals surface area contributed by atoms with Crippen LogP contribution in [0.1, 0.15) is 48.0 Å².